The second-order valence-electron chi connectivity index (χ2n) is 8.04. The van der Waals surface area contributed by atoms with Crippen molar-refractivity contribution in [2.75, 3.05) is 11.9 Å². The first-order valence-corrected chi connectivity index (χ1v) is 10.0. The third-order valence-corrected chi connectivity index (χ3v) is 4.94. The van der Waals surface area contributed by atoms with Gasteiger partial charge in [-0.3, -0.25) is 9.36 Å². The predicted molar refractivity (Wildman–Crippen MR) is 118 cm³/mol. The molecule has 160 valence electrons. The Morgan fingerprint density at radius 3 is 2.50 bits per heavy atom. The molecule has 0 amide bonds. The number of ether oxygens (including phenoxy) is 1. The summed E-state index contributed by atoms with van der Waals surface area (Å²) >= 11 is 0. The highest BCUT2D eigenvalue weighted by Gasteiger charge is 2.19. The SMILES string of the molecule is Cc1cc(C(C)Nc2ccccc2C(O)O)c2nc(OCC(C)C)n(C)c(=O)c2c1. The van der Waals surface area contributed by atoms with Crippen LogP contribution in [0.3, 0.4) is 0 Å². The summed E-state index contributed by atoms with van der Waals surface area (Å²) in [5.74, 6) is 0.303. The van der Waals surface area contributed by atoms with Gasteiger partial charge in [0.05, 0.1) is 23.6 Å². The van der Waals surface area contributed by atoms with Gasteiger partial charge in [0.1, 0.15) is 0 Å². The fourth-order valence-electron chi connectivity index (χ4n) is 3.40. The standard InChI is InChI=1S/C23H29N3O4/c1-13(2)12-30-23-25-20-17(10-14(3)11-18(20)21(27)26(23)5)15(4)24-19-9-7-6-8-16(19)22(28)29/h6-11,13,15,22,24,28-29H,12H2,1-5H3. The van der Waals surface area contributed by atoms with E-state index >= 15 is 0 Å². The van der Waals surface area contributed by atoms with E-state index in [4.69, 9.17) is 4.74 Å². The summed E-state index contributed by atoms with van der Waals surface area (Å²) in [6, 6.07) is 10.9. The third kappa shape index (κ3) is 4.47. The molecule has 7 nitrogen and oxygen atoms in total. The minimum Gasteiger partial charge on any atom is -0.464 e. The molecule has 0 bridgehead atoms. The summed E-state index contributed by atoms with van der Waals surface area (Å²) in [4.78, 5) is 17.6. The van der Waals surface area contributed by atoms with Gasteiger partial charge in [0.15, 0.2) is 6.29 Å². The van der Waals surface area contributed by atoms with E-state index in [0.29, 0.717) is 34.7 Å². The van der Waals surface area contributed by atoms with Gasteiger partial charge in [0.25, 0.3) is 11.6 Å². The van der Waals surface area contributed by atoms with Crippen molar-refractivity contribution < 1.29 is 14.9 Å². The number of aryl methyl sites for hydroxylation is 1. The number of aliphatic hydroxyl groups is 2. The maximum Gasteiger partial charge on any atom is 0.299 e. The van der Waals surface area contributed by atoms with Crippen molar-refractivity contribution in [2.45, 2.75) is 40.0 Å². The molecule has 0 aliphatic rings. The van der Waals surface area contributed by atoms with Gasteiger partial charge in [-0.1, -0.05) is 38.1 Å². The highest BCUT2D eigenvalue weighted by molar-refractivity contribution is 5.83. The lowest BCUT2D eigenvalue weighted by molar-refractivity contribution is -0.0419. The van der Waals surface area contributed by atoms with Crippen LogP contribution in [0.1, 0.15) is 49.8 Å². The van der Waals surface area contributed by atoms with E-state index in [9.17, 15) is 15.0 Å². The molecule has 0 radical (unpaired) electrons. The van der Waals surface area contributed by atoms with Crippen molar-refractivity contribution in [1.82, 2.24) is 9.55 Å². The zero-order valence-corrected chi connectivity index (χ0v) is 18.0. The largest absolute Gasteiger partial charge is 0.464 e. The number of rotatable bonds is 7. The van der Waals surface area contributed by atoms with Crippen molar-refractivity contribution in [3.63, 3.8) is 0 Å². The van der Waals surface area contributed by atoms with Crippen molar-refractivity contribution in [3.05, 3.63) is 63.4 Å². The zero-order chi connectivity index (χ0) is 22.0. The number of nitrogens with zero attached hydrogens (tertiary/aromatic N) is 2. The third-order valence-electron chi connectivity index (χ3n) is 4.94. The Kier molecular flexibility index (Phi) is 6.43. The van der Waals surface area contributed by atoms with Crippen molar-refractivity contribution in [3.8, 4) is 6.01 Å². The summed E-state index contributed by atoms with van der Waals surface area (Å²) in [6.45, 7) is 8.41. The molecule has 1 unspecified atom stereocenters. The smallest absolute Gasteiger partial charge is 0.299 e. The lowest BCUT2D eigenvalue weighted by Crippen LogP contribution is -2.23. The summed E-state index contributed by atoms with van der Waals surface area (Å²) < 4.78 is 7.22. The Morgan fingerprint density at radius 2 is 1.83 bits per heavy atom. The van der Waals surface area contributed by atoms with E-state index < -0.39 is 6.29 Å². The van der Waals surface area contributed by atoms with Crippen LogP contribution in [0.25, 0.3) is 10.9 Å². The number of aliphatic hydroxyl groups excluding tert-OH is 1. The molecule has 7 heteroatoms. The van der Waals surface area contributed by atoms with E-state index in [0.717, 1.165) is 11.1 Å². The number of anilines is 1. The van der Waals surface area contributed by atoms with Crippen LogP contribution in [-0.4, -0.2) is 26.4 Å². The number of aromatic nitrogens is 2. The Morgan fingerprint density at radius 1 is 1.13 bits per heavy atom. The number of para-hydroxylation sites is 1. The van der Waals surface area contributed by atoms with Crippen LogP contribution in [0.5, 0.6) is 6.01 Å². The maximum atomic E-state index is 13.0. The second-order valence-corrected chi connectivity index (χ2v) is 8.04. The number of hydrogen-bond donors (Lipinski definition) is 3. The number of fused-ring (bicyclic) bond motifs is 1. The van der Waals surface area contributed by atoms with Gasteiger partial charge in [-0.15, -0.1) is 0 Å². The zero-order valence-electron chi connectivity index (χ0n) is 18.0. The first-order valence-electron chi connectivity index (χ1n) is 10.0. The minimum absolute atomic E-state index is 0.165. The lowest BCUT2D eigenvalue weighted by Gasteiger charge is -2.21. The molecule has 3 N–H and O–H groups in total. The number of hydrogen-bond acceptors (Lipinski definition) is 6. The topological polar surface area (TPSA) is 96.6 Å². The molecular formula is C23H29N3O4. The van der Waals surface area contributed by atoms with E-state index in [1.807, 2.05) is 45.9 Å². The van der Waals surface area contributed by atoms with Gasteiger partial charge in [-0.25, -0.2) is 0 Å². The normalized spacial score (nSPS) is 12.6. The Bertz CT molecular complexity index is 1110. The van der Waals surface area contributed by atoms with Gasteiger partial charge in [0.2, 0.25) is 0 Å². The van der Waals surface area contributed by atoms with Gasteiger partial charge in [-0.2, -0.15) is 4.98 Å². The number of nitrogens with one attached hydrogen (secondary N) is 1. The summed E-state index contributed by atoms with van der Waals surface area (Å²) in [5.41, 5.74) is 3.17. The van der Waals surface area contributed by atoms with Gasteiger partial charge in [0, 0.05) is 23.9 Å². The van der Waals surface area contributed by atoms with E-state index in [1.165, 1.54) is 4.57 Å². The minimum atomic E-state index is -1.59. The number of benzene rings is 2. The monoisotopic (exact) mass is 411 g/mol. The van der Waals surface area contributed by atoms with Gasteiger partial charge in [-0.05, 0) is 37.5 Å². The average molecular weight is 412 g/mol. The fourth-order valence-corrected chi connectivity index (χ4v) is 3.40. The summed E-state index contributed by atoms with van der Waals surface area (Å²) in [7, 11) is 1.66. The molecule has 1 aromatic heterocycles. The molecule has 30 heavy (non-hydrogen) atoms. The molecule has 1 heterocycles. The van der Waals surface area contributed by atoms with Crippen molar-refractivity contribution >= 4 is 16.6 Å². The van der Waals surface area contributed by atoms with Gasteiger partial charge >= 0.3 is 0 Å². The highest BCUT2D eigenvalue weighted by atomic mass is 16.5. The molecule has 0 aliphatic carbocycles. The molecule has 1 atom stereocenters. The first kappa shape index (κ1) is 21.8. The van der Waals surface area contributed by atoms with E-state index in [2.05, 4.69) is 10.3 Å². The van der Waals surface area contributed by atoms with Crippen LogP contribution in [0.15, 0.2) is 41.2 Å². The molecule has 3 aromatic rings. The lowest BCUT2D eigenvalue weighted by atomic mass is 10.0. The van der Waals surface area contributed by atoms with Gasteiger partial charge < -0.3 is 20.3 Å². The fraction of sp³-hybridized carbons (Fsp3) is 0.391. The molecule has 0 saturated heterocycles. The van der Waals surface area contributed by atoms with E-state index in [-0.39, 0.29) is 17.6 Å². The van der Waals surface area contributed by atoms with Crippen LogP contribution in [0, 0.1) is 12.8 Å². The molecular weight excluding hydrogens is 382 g/mol. The second kappa shape index (κ2) is 8.85. The van der Waals surface area contributed by atoms with Crippen LogP contribution in [0.2, 0.25) is 0 Å². The Hall–Kier alpha value is -2.90. The Labute approximate surface area is 176 Å². The highest BCUT2D eigenvalue weighted by Crippen LogP contribution is 2.30. The quantitative estimate of drug-likeness (QED) is 0.516. The first-order chi connectivity index (χ1) is 14.2. The summed E-state index contributed by atoms with van der Waals surface area (Å²) in [5, 5.41) is 23.2. The molecule has 3 rings (SSSR count). The maximum absolute atomic E-state index is 13.0. The van der Waals surface area contributed by atoms with Crippen LogP contribution < -0.4 is 15.6 Å². The van der Waals surface area contributed by atoms with Crippen LogP contribution in [0.4, 0.5) is 5.69 Å². The Balaban J connectivity index is 2.10. The summed E-state index contributed by atoms with van der Waals surface area (Å²) in [6.07, 6.45) is -1.59. The van der Waals surface area contributed by atoms with Crippen LogP contribution >= 0.6 is 0 Å². The van der Waals surface area contributed by atoms with E-state index in [1.54, 1.807) is 25.2 Å². The molecule has 0 saturated carbocycles. The van der Waals surface area contributed by atoms with Crippen molar-refractivity contribution in [1.29, 1.82) is 0 Å². The van der Waals surface area contributed by atoms with Crippen molar-refractivity contribution in [2.24, 2.45) is 13.0 Å². The average Bonchev–Trinajstić information content (AvgIpc) is 2.69. The molecule has 0 fully saturated rings. The molecule has 0 aliphatic heterocycles. The molecule has 0 spiro atoms. The van der Waals surface area contributed by atoms with Crippen LogP contribution in [-0.2, 0) is 7.05 Å². The molecule has 2 aromatic carbocycles. The predicted octanol–water partition coefficient (Wildman–Crippen LogP) is 3.43.